The minimum Gasteiger partial charge on any atom is -0.485 e. The predicted molar refractivity (Wildman–Crippen MR) is 132 cm³/mol. The van der Waals surface area contributed by atoms with Gasteiger partial charge in [-0.15, -0.1) is 20.4 Å². The zero-order chi connectivity index (χ0) is 23.9. The number of carbonyl (C=O) groups is 1. The first kappa shape index (κ1) is 24.2. The van der Waals surface area contributed by atoms with Gasteiger partial charge in [-0.1, -0.05) is 65.2 Å². The molecular weight excluding hydrogens is 495 g/mol. The minimum atomic E-state index is -0.263. The summed E-state index contributed by atoms with van der Waals surface area (Å²) in [6.07, 6.45) is 0. The van der Waals surface area contributed by atoms with Crippen LogP contribution in [0.5, 0.6) is 5.75 Å². The van der Waals surface area contributed by atoms with Crippen molar-refractivity contribution < 1.29 is 13.9 Å². The van der Waals surface area contributed by atoms with E-state index in [1.807, 2.05) is 42.8 Å². The molecule has 0 spiro atoms. The van der Waals surface area contributed by atoms with Gasteiger partial charge in [0.1, 0.15) is 18.2 Å². The number of para-hydroxylation sites is 1. The summed E-state index contributed by atoms with van der Waals surface area (Å²) in [4.78, 5) is 12.4. The van der Waals surface area contributed by atoms with Gasteiger partial charge in [0.15, 0.2) is 15.3 Å². The van der Waals surface area contributed by atoms with Gasteiger partial charge in [-0.2, -0.15) is 0 Å². The van der Waals surface area contributed by atoms with Crippen LogP contribution in [0.25, 0.3) is 0 Å². The van der Waals surface area contributed by atoms with Crippen LogP contribution in [0.2, 0.25) is 0 Å². The van der Waals surface area contributed by atoms with Crippen molar-refractivity contribution in [3.63, 3.8) is 0 Å². The summed E-state index contributed by atoms with van der Waals surface area (Å²) in [6.45, 7) is 2.27. The van der Waals surface area contributed by atoms with E-state index in [4.69, 9.17) is 4.74 Å². The Kier molecular flexibility index (Phi) is 8.14. The fourth-order valence-electron chi connectivity index (χ4n) is 2.79. The molecule has 0 aliphatic rings. The third kappa shape index (κ3) is 6.55. The SMILES string of the molecule is Cc1ccccc1OCc1nnc(SCC(=O)Nc2nnc(SCc3ccc(F)cc3)s2)n1C. The van der Waals surface area contributed by atoms with Gasteiger partial charge in [0.25, 0.3) is 0 Å². The molecule has 1 N–H and O–H groups in total. The monoisotopic (exact) mass is 516 g/mol. The molecule has 1 amide bonds. The summed E-state index contributed by atoms with van der Waals surface area (Å²) in [7, 11) is 1.84. The normalized spacial score (nSPS) is 10.9. The Balaban J connectivity index is 1.23. The number of ether oxygens (including phenoxy) is 1. The zero-order valence-electron chi connectivity index (χ0n) is 18.4. The van der Waals surface area contributed by atoms with Crippen LogP contribution in [-0.2, 0) is 24.2 Å². The van der Waals surface area contributed by atoms with Crippen LogP contribution >= 0.6 is 34.9 Å². The lowest BCUT2D eigenvalue weighted by molar-refractivity contribution is -0.113. The van der Waals surface area contributed by atoms with Gasteiger partial charge in [0, 0.05) is 12.8 Å². The average Bonchev–Trinajstić information content (AvgIpc) is 3.42. The number of aromatic nitrogens is 5. The van der Waals surface area contributed by atoms with Crippen molar-refractivity contribution in [2.45, 2.75) is 28.8 Å². The molecule has 0 unspecified atom stereocenters. The van der Waals surface area contributed by atoms with Crippen molar-refractivity contribution in [2.75, 3.05) is 11.1 Å². The average molecular weight is 517 g/mol. The van der Waals surface area contributed by atoms with Crippen molar-refractivity contribution in [2.24, 2.45) is 7.05 Å². The molecule has 34 heavy (non-hydrogen) atoms. The van der Waals surface area contributed by atoms with Crippen LogP contribution in [0.15, 0.2) is 58.0 Å². The lowest BCUT2D eigenvalue weighted by Gasteiger charge is -2.08. The van der Waals surface area contributed by atoms with E-state index in [2.05, 4.69) is 25.7 Å². The predicted octanol–water partition coefficient (Wildman–Crippen LogP) is 4.72. The number of nitrogens with zero attached hydrogens (tertiary/aromatic N) is 5. The molecule has 8 nitrogen and oxygen atoms in total. The highest BCUT2D eigenvalue weighted by Crippen LogP contribution is 2.28. The van der Waals surface area contributed by atoms with E-state index in [-0.39, 0.29) is 24.1 Å². The number of benzene rings is 2. The van der Waals surface area contributed by atoms with Gasteiger partial charge < -0.3 is 9.30 Å². The second-order valence-electron chi connectivity index (χ2n) is 7.14. The second-order valence-corrected chi connectivity index (χ2v) is 10.3. The second kappa shape index (κ2) is 11.4. The molecule has 2 aromatic carbocycles. The molecule has 2 aromatic heterocycles. The van der Waals surface area contributed by atoms with E-state index in [1.165, 1.54) is 47.0 Å². The lowest BCUT2D eigenvalue weighted by atomic mass is 10.2. The first-order chi connectivity index (χ1) is 16.5. The van der Waals surface area contributed by atoms with Crippen LogP contribution in [0, 0.1) is 12.7 Å². The van der Waals surface area contributed by atoms with E-state index < -0.39 is 0 Å². The lowest BCUT2D eigenvalue weighted by Crippen LogP contribution is -2.14. The van der Waals surface area contributed by atoms with E-state index in [9.17, 15) is 9.18 Å². The van der Waals surface area contributed by atoms with Crippen molar-refractivity contribution in [1.82, 2.24) is 25.0 Å². The Morgan fingerprint density at radius 3 is 2.68 bits per heavy atom. The molecular formula is C22H21FN6O2S3. The maximum Gasteiger partial charge on any atom is 0.236 e. The van der Waals surface area contributed by atoms with Crippen LogP contribution in [0.3, 0.4) is 0 Å². The highest BCUT2D eigenvalue weighted by molar-refractivity contribution is 8.00. The standard InChI is InChI=1S/C22H21FN6O2S3/c1-14-5-3-4-6-17(14)31-11-18-25-27-21(29(18)2)32-13-19(30)24-20-26-28-22(34-20)33-12-15-7-9-16(23)10-8-15/h3-10H,11-13H2,1-2H3,(H,24,26,30). The molecule has 12 heteroatoms. The third-order valence-corrected chi connectivity index (χ3v) is 7.70. The van der Waals surface area contributed by atoms with Crippen molar-refractivity contribution in [1.29, 1.82) is 0 Å². The number of amides is 1. The summed E-state index contributed by atoms with van der Waals surface area (Å²) < 4.78 is 21.4. The van der Waals surface area contributed by atoms with Gasteiger partial charge in [-0.3, -0.25) is 10.1 Å². The van der Waals surface area contributed by atoms with Crippen molar-refractivity contribution in [3.8, 4) is 5.75 Å². The van der Waals surface area contributed by atoms with Gasteiger partial charge >= 0.3 is 0 Å². The molecule has 0 aliphatic carbocycles. The molecule has 0 aliphatic heterocycles. The number of anilines is 1. The highest BCUT2D eigenvalue weighted by atomic mass is 32.2. The van der Waals surface area contributed by atoms with E-state index in [0.29, 0.717) is 21.9 Å². The number of rotatable bonds is 10. The first-order valence-electron chi connectivity index (χ1n) is 10.2. The number of halogens is 1. The highest BCUT2D eigenvalue weighted by Gasteiger charge is 2.14. The van der Waals surface area contributed by atoms with Crippen molar-refractivity contribution in [3.05, 3.63) is 71.3 Å². The third-order valence-electron chi connectivity index (χ3n) is 4.64. The molecule has 4 rings (SSSR count). The van der Waals surface area contributed by atoms with Crippen molar-refractivity contribution >= 4 is 45.9 Å². The molecule has 4 aromatic rings. The minimum absolute atomic E-state index is 0.155. The maximum absolute atomic E-state index is 13.0. The Morgan fingerprint density at radius 2 is 1.88 bits per heavy atom. The van der Waals surface area contributed by atoms with Crippen LogP contribution < -0.4 is 10.1 Å². The molecule has 0 saturated carbocycles. The van der Waals surface area contributed by atoms with Gasteiger partial charge in [-0.25, -0.2) is 4.39 Å². The number of carbonyl (C=O) groups excluding carboxylic acids is 1. The molecule has 0 bridgehead atoms. The topological polar surface area (TPSA) is 94.8 Å². The molecule has 0 fully saturated rings. The zero-order valence-corrected chi connectivity index (χ0v) is 20.8. The molecule has 176 valence electrons. The van der Waals surface area contributed by atoms with Crippen LogP contribution in [-0.4, -0.2) is 36.6 Å². The Bertz CT molecular complexity index is 1260. The smallest absolute Gasteiger partial charge is 0.236 e. The number of hydrogen-bond donors (Lipinski definition) is 1. The number of thioether (sulfide) groups is 2. The van der Waals surface area contributed by atoms with Crippen LogP contribution in [0.4, 0.5) is 9.52 Å². The van der Waals surface area contributed by atoms with E-state index in [1.54, 1.807) is 12.1 Å². The Hall–Kier alpha value is -2.96. The van der Waals surface area contributed by atoms with E-state index >= 15 is 0 Å². The number of nitrogens with one attached hydrogen (secondary N) is 1. The number of hydrogen-bond acceptors (Lipinski definition) is 9. The Labute approximate surface area is 208 Å². The maximum atomic E-state index is 13.0. The van der Waals surface area contributed by atoms with Gasteiger partial charge in [0.05, 0.1) is 5.75 Å². The summed E-state index contributed by atoms with van der Waals surface area (Å²) in [5, 5.41) is 20.2. The summed E-state index contributed by atoms with van der Waals surface area (Å²) in [5.74, 6) is 1.78. The summed E-state index contributed by atoms with van der Waals surface area (Å²) >= 11 is 4.05. The Morgan fingerprint density at radius 1 is 1.09 bits per heavy atom. The van der Waals surface area contributed by atoms with Gasteiger partial charge in [0.2, 0.25) is 11.0 Å². The first-order valence-corrected chi connectivity index (χ1v) is 13.0. The van der Waals surface area contributed by atoms with E-state index in [0.717, 1.165) is 21.2 Å². The summed E-state index contributed by atoms with van der Waals surface area (Å²) in [5.41, 5.74) is 2.03. The summed E-state index contributed by atoms with van der Waals surface area (Å²) in [6, 6.07) is 14.1. The number of aryl methyl sites for hydroxylation is 1. The molecule has 2 heterocycles. The van der Waals surface area contributed by atoms with Gasteiger partial charge in [-0.05, 0) is 36.2 Å². The van der Waals surface area contributed by atoms with Crippen LogP contribution in [0.1, 0.15) is 17.0 Å². The molecule has 0 radical (unpaired) electrons. The quantitative estimate of drug-likeness (QED) is 0.239. The fourth-order valence-corrected chi connectivity index (χ4v) is 5.24. The molecule has 0 atom stereocenters. The molecule has 0 saturated heterocycles. The largest absolute Gasteiger partial charge is 0.485 e. The fraction of sp³-hybridized carbons (Fsp3) is 0.227.